The Hall–Kier alpha value is -2.23. The van der Waals surface area contributed by atoms with Crippen LogP contribution in [0.15, 0.2) is 42.5 Å². The first-order chi connectivity index (χ1) is 10.1. The average molecular weight is 288 g/mol. The molecule has 0 radical (unpaired) electrons. The maximum absolute atomic E-state index is 14.1. The van der Waals surface area contributed by atoms with Crippen LogP contribution in [0, 0.1) is 5.82 Å². The Bertz CT molecular complexity index is 584. The molecule has 2 aromatic rings. The van der Waals surface area contributed by atoms with E-state index >= 15 is 0 Å². The van der Waals surface area contributed by atoms with Gasteiger partial charge in [-0.3, -0.25) is 0 Å². The molecule has 112 valence electrons. The minimum absolute atomic E-state index is 0.245. The highest BCUT2D eigenvalue weighted by Crippen LogP contribution is 2.22. The lowest BCUT2D eigenvalue weighted by Crippen LogP contribution is -2.24. The van der Waals surface area contributed by atoms with Gasteiger partial charge in [0.15, 0.2) is 0 Å². The summed E-state index contributed by atoms with van der Waals surface area (Å²) in [6, 6.07) is 12.6. The van der Waals surface area contributed by atoms with Crippen molar-refractivity contribution in [1.29, 1.82) is 0 Å². The van der Waals surface area contributed by atoms with Gasteiger partial charge < -0.3 is 15.4 Å². The van der Waals surface area contributed by atoms with Crippen LogP contribution in [0.25, 0.3) is 0 Å². The maximum atomic E-state index is 14.1. The summed E-state index contributed by atoms with van der Waals surface area (Å²) < 4.78 is 19.1. The number of hydrogen-bond donors (Lipinski definition) is 1. The predicted octanol–water partition coefficient (Wildman–Crippen LogP) is 3.83. The fraction of sp³-hybridized carbons (Fsp3) is 0.294. The van der Waals surface area contributed by atoms with Gasteiger partial charge in [-0.1, -0.05) is 13.0 Å². The lowest BCUT2D eigenvalue weighted by molar-refractivity contribution is 0.410. The summed E-state index contributed by atoms with van der Waals surface area (Å²) in [6.07, 6.45) is 0.988. The standard InChI is InChI=1S/C17H21FN2O/c1-3-10-20(15-7-5-14(19)6-8-15)12-13-4-9-16(21-2)11-17(13)18/h4-9,11H,3,10,12,19H2,1-2H3. The second kappa shape index (κ2) is 6.97. The third-order valence-electron chi connectivity index (χ3n) is 3.37. The van der Waals surface area contributed by atoms with Gasteiger partial charge in [-0.25, -0.2) is 4.39 Å². The number of hydrogen-bond acceptors (Lipinski definition) is 3. The molecule has 0 heterocycles. The van der Waals surface area contributed by atoms with E-state index in [1.807, 2.05) is 24.3 Å². The number of nitrogen functional groups attached to an aromatic ring is 1. The van der Waals surface area contributed by atoms with Crippen molar-refractivity contribution < 1.29 is 9.13 Å². The van der Waals surface area contributed by atoms with Crippen molar-refractivity contribution in [2.45, 2.75) is 19.9 Å². The topological polar surface area (TPSA) is 38.5 Å². The Balaban J connectivity index is 2.21. The van der Waals surface area contributed by atoms with Crippen LogP contribution in [0.3, 0.4) is 0 Å². The molecule has 0 aliphatic rings. The number of methoxy groups -OCH3 is 1. The lowest BCUT2D eigenvalue weighted by Gasteiger charge is -2.25. The second-order valence-electron chi connectivity index (χ2n) is 4.97. The van der Waals surface area contributed by atoms with Crippen LogP contribution in [0.2, 0.25) is 0 Å². The fourth-order valence-electron chi connectivity index (χ4n) is 2.24. The zero-order chi connectivity index (χ0) is 15.2. The quantitative estimate of drug-likeness (QED) is 0.821. The van der Waals surface area contributed by atoms with E-state index in [2.05, 4.69) is 11.8 Å². The van der Waals surface area contributed by atoms with Crippen LogP contribution in [0.1, 0.15) is 18.9 Å². The van der Waals surface area contributed by atoms with Gasteiger partial charge in [-0.2, -0.15) is 0 Å². The van der Waals surface area contributed by atoms with Gasteiger partial charge in [-0.15, -0.1) is 0 Å². The first-order valence-electron chi connectivity index (χ1n) is 7.07. The summed E-state index contributed by atoms with van der Waals surface area (Å²) in [5, 5.41) is 0. The molecule has 0 amide bonds. The summed E-state index contributed by atoms with van der Waals surface area (Å²) in [6.45, 7) is 3.48. The number of ether oxygens (including phenoxy) is 1. The highest BCUT2D eigenvalue weighted by molar-refractivity contribution is 5.53. The minimum Gasteiger partial charge on any atom is -0.497 e. The summed E-state index contributed by atoms with van der Waals surface area (Å²) in [4.78, 5) is 2.14. The number of anilines is 2. The molecule has 0 aromatic heterocycles. The van der Waals surface area contributed by atoms with Crippen LogP contribution in [-0.4, -0.2) is 13.7 Å². The molecular weight excluding hydrogens is 267 g/mol. The molecule has 21 heavy (non-hydrogen) atoms. The van der Waals surface area contributed by atoms with E-state index in [1.165, 1.54) is 13.2 Å². The number of rotatable bonds is 6. The third-order valence-corrected chi connectivity index (χ3v) is 3.37. The van der Waals surface area contributed by atoms with Crippen LogP contribution in [-0.2, 0) is 6.54 Å². The Morgan fingerprint density at radius 3 is 2.43 bits per heavy atom. The molecule has 2 aromatic carbocycles. The van der Waals surface area contributed by atoms with Gasteiger partial charge in [-0.05, 0) is 36.8 Å². The molecule has 0 spiro atoms. The van der Waals surface area contributed by atoms with Crippen molar-refractivity contribution >= 4 is 11.4 Å². The summed E-state index contributed by atoms with van der Waals surface area (Å²) >= 11 is 0. The molecule has 0 fully saturated rings. The molecule has 2 rings (SSSR count). The zero-order valence-electron chi connectivity index (χ0n) is 12.5. The first kappa shape index (κ1) is 15.2. The zero-order valence-corrected chi connectivity index (χ0v) is 12.5. The van der Waals surface area contributed by atoms with E-state index in [0.717, 1.165) is 24.3 Å². The van der Waals surface area contributed by atoms with Crippen molar-refractivity contribution in [2.75, 3.05) is 24.3 Å². The van der Waals surface area contributed by atoms with Crippen LogP contribution in [0.4, 0.5) is 15.8 Å². The number of nitrogens with two attached hydrogens (primary N) is 1. The third kappa shape index (κ3) is 3.88. The van der Waals surface area contributed by atoms with E-state index in [9.17, 15) is 4.39 Å². The van der Waals surface area contributed by atoms with E-state index < -0.39 is 0 Å². The number of benzene rings is 2. The molecule has 4 heteroatoms. The van der Waals surface area contributed by atoms with Gasteiger partial charge in [0.1, 0.15) is 11.6 Å². The normalized spacial score (nSPS) is 10.4. The summed E-state index contributed by atoms with van der Waals surface area (Å²) in [7, 11) is 1.53. The Labute approximate surface area is 125 Å². The SMILES string of the molecule is CCCN(Cc1ccc(OC)cc1F)c1ccc(N)cc1. The van der Waals surface area contributed by atoms with Gasteiger partial charge >= 0.3 is 0 Å². The largest absolute Gasteiger partial charge is 0.497 e. The monoisotopic (exact) mass is 288 g/mol. The summed E-state index contributed by atoms with van der Waals surface area (Å²) in [5.41, 5.74) is 8.14. The smallest absolute Gasteiger partial charge is 0.131 e. The highest BCUT2D eigenvalue weighted by Gasteiger charge is 2.10. The van der Waals surface area contributed by atoms with E-state index in [1.54, 1.807) is 12.1 Å². The Kier molecular flexibility index (Phi) is 5.04. The van der Waals surface area contributed by atoms with Crippen molar-refractivity contribution in [3.05, 3.63) is 53.8 Å². The van der Waals surface area contributed by atoms with Crippen LogP contribution < -0.4 is 15.4 Å². The summed E-state index contributed by atoms with van der Waals surface area (Å²) in [5.74, 6) is 0.289. The number of nitrogens with zero attached hydrogens (tertiary/aromatic N) is 1. The van der Waals surface area contributed by atoms with Crippen molar-refractivity contribution in [3.8, 4) is 5.75 Å². The van der Waals surface area contributed by atoms with Crippen LogP contribution in [0.5, 0.6) is 5.75 Å². The van der Waals surface area contributed by atoms with E-state index in [0.29, 0.717) is 17.9 Å². The molecule has 0 aliphatic carbocycles. The fourth-order valence-corrected chi connectivity index (χ4v) is 2.24. The Morgan fingerprint density at radius 1 is 1.14 bits per heavy atom. The molecule has 0 unspecified atom stereocenters. The van der Waals surface area contributed by atoms with Crippen molar-refractivity contribution in [2.24, 2.45) is 0 Å². The second-order valence-corrected chi connectivity index (χ2v) is 4.97. The van der Waals surface area contributed by atoms with Gasteiger partial charge in [0.05, 0.1) is 7.11 Å². The first-order valence-corrected chi connectivity index (χ1v) is 7.07. The van der Waals surface area contributed by atoms with E-state index in [4.69, 9.17) is 10.5 Å². The molecule has 0 atom stereocenters. The molecule has 0 bridgehead atoms. The lowest BCUT2D eigenvalue weighted by atomic mass is 10.1. The predicted molar refractivity (Wildman–Crippen MR) is 85.1 cm³/mol. The molecule has 3 nitrogen and oxygen atoms in total. The molecule has 2 N–H and O–H groups in total. The van der Waals surface area contributed by atoms with Crippen LogP contribution >= 0.6 is 0 Å². The van der Waals surface area contributed by atoms with E-state index in [-0.39, 0.29) is 5.82 Å². The van der Waals surface area contributed by atoms with Crippen molar-refractivity contribution in [3.63, 3.8) is 0 Å². The molecule has 0 aliphatic heterocycles. The minimum atomic E-state index is -0.245. The maximum Gasteiger partial charge on any atom is 0.131 e. The molecule has 0 saturated heterocycles. The van der Waals surface area contributed by atoms with Crippen molar-refractivity contribution in [1.82, 2.24) is 0 Å². The number of halogens is 1. The highest BCUT2D eigenvalue weighted by atomic mass is 19.1. The van der Waals surface area contributed by atoms with Gasteiger partial charge in [0, 0.05) is 36.1 Å². The van der Waals surface area contributed by atoms with Gasteiger partial charge in [0.2, 0.25) is 0 Å². The van der Waals surface area contributed by atoms with Gasteiger partial charge in [0.25, 0.3) is 0 Å². The molecular formula is C17H21FN2O. The molecule has 0 saturated carbocycles. The average Bonchev–Trinajstić information content (AvgIpc) is 2.49. The Morgan fingerprint density at radius 2 is 1.86 bits per heavy atom.